The van der Waals surface area contributed by atoms with Crippen LogP contribution in [0.2, 0.25) is 0 Å². The lowest BCUT2D eigenvalue weighted by Gasteiger charge is -2.32. The average Bonchev–Trinajstić information content (AvgIpc) is 2.78. The molecule has 1 N–H and O–H groups in total. The van der Waals surface area contributed by atoms with Crippen molar-refractivity contribution in [3.05, 3.63) is 48.2 Å². The first kappa shape index (κ1) is 23.6. The van der Waals surface area contributed by atoms with Crippen molar-refractivity contribution >= 4 is 28.4 Å². The van der Waals surface area contributed by atoms with Crippen molar-refractivity contribution in [1.82, 2.24) is 14.9 Å². The lowest BCUT2D eigenvalue weighted by atomic mass is 10.1. The topological polar surface area (TPSA) is 79.8 Å². The minimum Gasteiger partial charge on any atom is -0.484 e. The van der Waals surface area contributed by atoms with Crippen molar-refractivity contribution in [2.45, 2.75) is 13.3 Å². The zero-order valence-electron chi connectivity index (χ0n) is 18.7. The number of rotatable bonds is 6. The second-order valence-electron chi connectivity index (χ2n) is 7.99. The first-order chi connectivity index (χ1) is 16.2. The molecule has 1 aliphatic rings. The van der Waals surface area contributed by atoms with Crippen molar-refractivity contribution in [1.29, 1.82) is 0 Å². The number of nitrogens with one attached hydrogen (secondary N) is 1. The Morgan fingerprint density at radius 1 is 1.03 bits per heavy atom. The molecule has 0 bridgehead atoms. The molecule has 0 unspecified atom stereocenters. The molecule has 0 radical (unpaired) electrons. The Morgan fingerprint density at radius 2 is 1.71 bits per heavy atom. The van der Waals surface area contributed by atoms with E-state index in [0.29, 0.717) is 11.6 Å². The number of nitrogens with zero attached hydrogens (tertiary/aromatic N) is 4. The largest absolute Gasteiger partial charge is 0.573 e. The van der Waals surface area contributed by atoms with Gasteiger partial charge in [-0.1, -0.05) is 0 Å². The molecule has 1 aliphatic heterocycles. The van der Waals surface area contributed by atoms with Crippen LogP contribution in [-0.4, -0.2) is 67.0 Å². The van der Waals surface area contributed by atoms with E-state index < -0.39 is 12.3 Å². The van der Waals surface area contributed by atoms with Gasteiger partial charge in [-0.15, -0.1) is 13.2 Å². The third-order valence-electron chi connectivity index (χ3n) is 5.37. The predicted molar refractivity (Wildman–Crippen MR) is 121 cm³/mol. The number of alkyl halides is 3. The van der Waals surface area contributed by atoms with Crippen molar-refractivity contribution in [3.8, 4) is 11.5 Å². The molecule has 1 amide bonds. The standard InChI is InChI=1S/C23H24F3N5O3/c1-15-19-13-16(3-8-20(19)29-22(27-15)31-11-9-30(2)10-12-31)28-21(32)14-33-17-4-6-18(7-5-17)34-23(24,25)26/h3-8,13H,9-12,14H2,1-2H3,(H,28,32). The summed E-state index contributed by atoms with van der Waals surface area (Å²) in [5, 5.41) is 3.58. The molecule has 34 heavy (non-hydrogen) atoms. The maximum Gasteiger partial charge on any atom is 0.573 e. The van der Waals surface area contributed by atoms with Crippen LogP contribution in [0.1, 0.15) is 5.69 Å². The number of aryl methyl sites for hydroxylation is 1. The summed E-state index contributed by atoms with van der Waals surface area (Å²) in [4.78, 5) is 26.1. The van der Waals surface area contributed by atoms with Crippen LogP contribution < -0.4 is 19.7 Å². The highest BCUT2D eigenvalue weighted by Gasteiger charge is 2.31. The number of halogens is 3. The molecule has 0 aliphatic carbocycles. The fraction of sp³-hybridized carbons (Fsp3) is 0.348. The fourth-order valence-electron chi connectivity index (χ4n) is 3.58. The maximum absolute atomic E-state index is 12.3. The van der Waals surface area contributed by atoms with Gasteiger partial charge in [-0.25, -0.2) is 9.97 Å². The van der Waals surface area contributed by atoms with Crippen LogP contribution in [0.5, 0.6) is 11.5 Å². The highest BCUT2D eigenvalue weighted by atomic mass is 19.4. The van der Waals surface area contributed by atoms with Gasteiger partial charge in [-0.3, -0.25) is 4.79 Å². The SMILES string of the molecule is Cc1nc(N2CCN(C)CC2)nc2ccc(NC(=O)COc3ccc(OC(F)(F)F)cc3)cc12. The molecule has 2 aromatic carbocycles. The molecule has 1 fully saturated rings. The van der Waals surface area contributed by atoms with Gasteiger partial charge < -0.3 is 24.6 Å². The summed E-state index contributed by atoms with van der Waals surface area (Å²) in [5.41, 5.74) is 2.17. The number of carbonyl (C=O) groups excluding carboxylic acids is 1. The molecule has 4 rings (SSSR count). The van der Waals surface area contributed by atoms with E-state index in [-0.39, 0.29) is 18.1 Å². The van der Waals surface area contributed by atoms with Gasteiger partial charge in [0.1, 0.15) is 11.5 Å². The number of carbonyl (C=O) groups is 1. The molecule has 0 saturated carbocycles. The smallest absolute Gasteiger partial charge is 0.484 e. The van der Waals surface area contributed by atoms with Gasteiger partial charge in [-0.2, -0.15) is 0 Å². The number of amides is 1. The highest BCUT2D eigenvalue weighted by Crippen LogP contribution is 2.25. The van der Waals surface area contributed by atoms with Gasteiger partial charge in [-0.05, 0) is 56.4 Å². The second kappa shape index (κ2) is 9.72. The van der Waals surface area contributed by atoms with Gasteiger partial charge in [0.2, 0.25) is 5.95 Å². The Balaban J connectivity index is 1.36. The third kappa shape index (κ3) is 6.04. The van der Waals surface area contributed by atoms with Crippen molar-refractivity contribution in [2.24, 2.45) is 0 Å². The first-order valence-corrected chi connectivity index (χ1v) is 10.7. The Labute approximate surface area is 194 Å². The minimum absolute atomic E-state index is 0.240. The van der Waals surface area contributed by atoms with Crippen LogP contribution in [0.3, 0.4) is 0 Å². The molecule has 0 atom stereocenters. The summed E-state index contributed by atoms with van der Waals surface area (Å²) in [7, 11) is 2.09. The predicted octanol–water partition coefficient (Wildman–Crippen LogP) is 3.61. The zero-order valence-corrected chi connectivity index (χ0v) is 18.7. The number of hydrogen-bond donors (Lipinski definition) is 1. The number of piperazine rings is 1. The van der Waals surface area contributed by atoms with Crippen LogP contribution in [-0.2, 0) is 4.79 Å². The molecule has 2 heterocycles. The van der Waals surface area contributed by atoms with Crippen molar-refractivity contribution in [2.75, 3.05) is 50.1 Å². The fourth-order valence-corrected chi connectivity index (χ4v) is 3.58. The molecule has 1 aromatic heterocycles. The molecule has 8 nitrogen and oxygen atoms in total. The van der Waals surface area contributed by atoms with Crippen LogP contribution in [0.15, 0.2) is 42.5 Å². The third-order valence-corrected chi connectivity index (χ3v) is 5.37. The summed E-state index contributed by atoms with van der Waals surface area (Å²) in [5.74, 6) is 0.162. The summed E-state index contributed by atoms with van der Waals surface area (Å²) >= 11 is 0. The number of ether oxygens (including phenoxy) is 2. The monoisotopic (exact) mass is 475 g/mol. The van der Waals surface area contributed by atoms with E-state index in [0.717, 1.165) is 54.9 Å². The van der Waals surface area contributed by atoms with E-state index >= 15 is 0 Å². The van der Waals surface area contributed by atoms with E-state index in [2.05, 4.69) is 36.9 Å². The van der Waals surface area contributed by atoms with E-state index in [1.54, 1.807) is 12.1 Å². The lowest BCUT2D eigenvalue weighted by molar-refractivity contribution is -0.274. The number of likely N-dealkylation sites (N-methyl/N-ethyl adjacent to an activating group) is 1. The van der Waals surface area contributed by atoms with E-state index in [1.165, 1.54) is 12.1 Å². The van der Waals surface area contributed by atoms with Crippen LogP contribution >= 0.6 is 0 Å². The summed E-state index contributed by atoms with van der Waals surface area (Å²) < 4.78 is 45.8. The molecule has 11 heteroatoms. The Morgan fingerprint density at radius 3 is 2.38 bits per heavy atom. The number of hydrogen-bond acceptors (Lipinski definition) is 7. The normalized spacial score (nSPS) is 14.8. The first-order valence-electron chi connectivity index (χ1n) is 10.7. The maximum atomic E-state index is 12.3. The van der Waals surface area contributed by atoms with Gasteiger partial charge in [0.05, 0.1) is 11.2 Å². The molecule has 3 aromatic rings. The Kier molecular flexibility index (Phi) is 6.73. The van der Waals surface area contributed by atoms with Gasteiger partial charge in [0.25, 0.3) is 5.91 Å². The van der Waals surface area contributed by atoms with E-state index in [1.807, 2.05) is 13.0 Å². The van der Waals surface area contributed by atoms with Gasteiger partial charge in [0.15, 0.2) is 6.61 Å². The Hall–Kier alpha value is -3.60. The number of aromatic nitrogens is 2. The number of benzene rings is 2. The van der Waals surface area contributed by atoms with Gasteiger partial charge in [0, 0.05) is 37.3 Å². The quantitative estimate of drug-likeness (QED) is 0.584. The minimum atomic E-state index is -4.77. The van der Waals surface area contributed by atoms with E-state index in [4.69, 9.17) is 4.74 Å². The summed E-state index contributed by atoms with van der Waals surface area (Å²) in [6.07, 6.45) is -4.77. The second-order valence-corrected chi connectivity index (χ2v) is 7.99. The zero-order chi connectivity index (χ0) is 24.3. The molecule has 1 saturated heterocycles. The molecule has 0 spiro atoms. The van der Waals surface area contributed by atoms with Crippen LogP contribution in [0.25, 0.3) is 10.9 Å². The summed E-state index contributed by atoms with van der Waals surface area (Å²) in [6, 6.07) is 10.2. The van der Waals surface area contributed by atoms with E-state index in [9.17, 15) is 18.0 Å². The van der Waals surface area contributed by atoms with Crippen molar-refractivity contribution in [3.63, 3.8) is 0 Å². The van der Waals surface area contributed by atoms with Crippen LogP contribution in [0, 0.1) is 6.92 Å². The molecular formula is C23H24F3N5O3. The highest BCUT2D eigenvalue weighted by molar-refractivity contribution is 5.95. The Bertz CT molecular complexity index is 1160. The number of anilines is 2. The van der Waals surface area contributed by atoms with Gasteiger partial charge >= 0.3 is 6.36 Å². The summed E-state index contributed by atoms with van der Waals surface area (Å²) in [6.45, 7) is 5.25. The average molecular weight is 475 g/mol. The number of fused-ring (bicyclic) bond motifs is 1. The molecular weight excluding hydrogens is 451 g/mol. The van der Waals surface area contributed by atoms with Crippen LogP contribution in [0.4, 0.5) is 24.8 Å². The lowest BCUT2D eigenvalue weighted by Crippen LogP contribution is -2.45. The molecule has 180 valence electrons. The van der Waals surface area contributed by atoms with Crippen molar-refractivity contribution < 1.29 is 27.4 Å².